The van der Waals surface area contributed by atoms with E-state index >= 15 is 0 Å². The Morgan fingerprint density at radius 1 is 1.03 bits per heavy atom. The summed E-state index contributed by atoms with van der Waals surface area (Å²) in [7, 11) is 1.64. The van der Waals surface area contributed by atoms with Crippen molar-refractivity contribution in [2.24, 2.45) is 0 Å². The summed E-state index contributed by atoms with van der Waals surface area (Å²) in [6.45, 7) is 2.06. The van der Waals surface area contributed by atoms with Crippen molar-refractivity contribution in [1.29, 1.82) is 0 Å². The lowest BCUT2D eigenvalue weighted by atomic mass is 10.1. The Balaban J connectivity index is 1.50. The van der Waals surface area contributed by atoms with E-state index in [0.717, 1.165) is 34.2 Å². The molecular weight excluding hydrogens is 422 g/mol. The van der Waals surface area contributed by atoms with Crippen molar-refractivity contribution >= 4 is 0 Å². The number of ether oxygens (including phenoxy) is 2. The molecule has 1 aliphatic rings. The highest BCUT2D eigenvalue weighted by molar-refractivity contribution is 5.63. The largest absolute Gasteiger partial charge is 0.497 e. The summed E-state index contributed by atoms with van der Waals surface area (Å²) in [5.74, 6) is 2.41. The number of fused-ring (bicyclic) bond motifs is 5. The molecule has 0 saturated carbocycles. The molecule has 0 atom stereocenters. The Hall–Kier alpha value is -4.47. The highest BCUT2D eigenvalue weighted by Crippen LogP contribution is 2.34. The molecule has 0 spiro atoms. The van der Waals surface area contributed by atoms with Crippen molar-refractivity contribution in [3.63, 3.8) is 0 Å². The Kier molecular flexibility index (Phi) is 4.42. The highest BCUT2D eigenvalue weighted by Gasteiger charge is 2.28. The topological polar surface area (TPSA) is 106 Å². The number of benzene rings is 2. The number of methoxy groups -OCH3 is 1. The van der Waals surface area contributed by atoms with Gasteiger partial charge in [0.2, 0.25) is 0 Å². The molecule has 0 N–H and O–H groups in total. The molecule has 10 heteroatoms. The quantitative estimate of drug-likeness (QED) is 0.401. The van der Waals surface area contributed by atoms with Gasteiger partial charge in [-0.15, -0.1) is 5.10 Å². The maximum atomic E-state index is 5.97. The molecule has 0 radical (unpaired) electrons. The van der Waals surface area contributed by atoms with Gasteiger partial charge in [0.05, 0.1) is 29.9 Å². The van der Waals surface area contributed by atoms with Gasteiger partial charge in [-0.05, 0) is 31.2 Å². The van der Waals surface area contributed by atoms with Gasteiger partial charge in [-0.2, -0.15) is 4.98 Å². The van der Waals surface area contributed by atoms with E-state index in [4.69, 9.17) is 14.0 Å². The van der Waals surface area contributed by atoms with E-state index in [1.807, 2.05) is 57.8 Å². The fourth-order valence-corrected chi connectivity index (χ4v) is 3.97. The van der Waals surface area contributed by atoms with Crippen LogP contribution < -0.4 is 9.47 Å². The van der Waals surface area contributed by atoms with Gasteiger partial charge in [-0.1, -0.05) is 28.6 Å². The molecule has 5 aromatic rings. The van der Waals surface area contributed by atoms with E-state index in [1.165, 1.54) is 0 Å². The Bertz CT molecular complexity index is 1450. The van der Waals surface area contributed by atoms with E-state index in [-0.39, 0.29) is 6.61 Å². The molecule has 0 saturated heterocycles. The second-order valence-electron chi connectivity index (χ2n) is 7.58. The van der Waals surface area contributed by atoms with Crippen LogP contribution in [0.4, 0.5) is 0 Å². The predicted molar refractivity (Wildman–Crippen MR) is 117 cm³/mol. The maximum absolute atomic E-state index is 5.97. The van der Waals surface area contributed by atoms with Crippen LogP contribution in [0.1, 0.15) is 22.9 Å². The number of nitrogens with zero attached hydrogens (tertiary/aromatic N) is 7. The van der Waals surface area contributed by atoms with E-state index < -0.39 is 0 Å². The normalized spacial score (nSPS) is 11.9. The van der Waals surface area contributed by atoms with Crippen LogP contribution in [0.5, 0.6) is 11.5 Å². The third-order valence-corrected chi connectivity index (χ3v) is 5.56. The van der Waals surface area contributed by atoms with Crippen LogP contribution in [0, 0.1) is 6.92 Å². The third-order valence-electron chi connectivity index (χ3n) is 5.56. The van der Waals surface area contributed by atoms with Gasteiger partial charge in [0.25, 0.3) is 5.89 Å². The first-order valence-corrected chi connectivity index (χ1v) is 10.4. The number of hydrogen-bond donors (Lipinski definition) is 0. The van der Waals surface area contributed by atoms with Crippen molar-refractivity contribution in [3.8, 4) is 34.5 Å². The first kappa shape index (κ1) is 19.2. The molecule has 0 aliphatic carbocycles. The number of aromatic nitrogens is 7. The molecule has 0 bridgehead atoms. The maximum Gasteiger partial charge on any atom is 0.278 e. The number of hydrogen-bond acceptors (Lipinski definition) is 8. The SMILES string of the molecule is COc1ccc2c(c1)-n1nnc(COc3ccccc3)c1Cc1c(-c3nc(C)no3)ncn1-2. The lowest BCUT2D eigenvalue weighted by molar-refractivity contribution is 0.300. The lowest BCUT2D eigenvalue weighted by Crippen LogP contribution is -2.05. The zero-order valence-electron chi connectivity index (χ0n) is 18.0. The van der Waals surface area contributed by atoms with Gasteiger partial charge in [-0.25, -0.2) is 9.67 Å². The molecule has 6 rings (SSSR count). The van der Waals surface area contributed by atoms with E-state index in [1.54, 1.807) is 20.4 Å². The first-order valence-electron chi connectivity index (χ1n) is 10.4. The van der Waals surface area contributed by atoms with E-state index in [2.05, 4.69) is 25.4 Å². The third kappa shape index (κ3) is 3.23. The second-order valence-corrected chi connectivity index (χ2v) is 7.58. The van der Waals surface area contributed by atoms with Crippen molar-refractivity contribution < 1.29 is 14.0 Å². The summed E-state index contributed by atoms with van der Waals surface area (Å²) in [5.41, 5.74) is 4.85. The standard InChI is InChI=1S/C23H19N7O3/c1-14-25-23(33-27-14)22-21-11-19-17(12-32-15-6-4-3-5-7-15)26-28-30(19)20-10-16(31-2)8-9-18(20)29(21)13-24-22/h3-10,13H,11-12H2,1-2H3. The van der Waals surface area contributed by atoms with Gasteiger partial charge in [0.1, 0.15) is 30.1 Å². The molecule has 164 valence electrons. The highest BCUT2D eigenvalue weighted by atomic mass is 16.5. The summed E-state index contributed by atoms with van der Waals surface area (Å²) in [4.78, 5) is 8.98. The number of rotatable bonds is 5. The van der Waals surface area contributed by atoms with Crippen LogP contribution >= 0.6 is 0 Å². The van der Waals surface area contributed by atoms with Crippen molar-refractivity contribution in [3.05, 3.63) is 77.8 Å². The monoisotopic (exact) mass is 441 g/mol. The molecule has 2 aromatic carbocycles. The summed E-state index contributed by atoms with van der Waals surface area (Å²) >= 11 is 0. The summed E-state index contributed by atoms with van der Waals surface area (Å²) in [6.07, 6.45) is 2.25. The van der Waals surface area contributed by atoms with Gasteiger partial charge in [0.15, 0.2) is 11.5 Å². The zero-order valence-corrected chi connectivity index (χ0v) is 18.0. The van der Waals surface area contributed by atoms with Crippen LogP contribution in [0.15, 0.2) is 59.4 Å². The average molecular weight is 441 g/mol. The molecule has 4 heterocycles. The van der Waals surface area contributed by atoms with E-state index in [9.17, 15) is 0 Å². The van der Waals surface area contributed by atoms with Crippen LogP contribution in [0.2, 0.25) is 0 Å². The minimum Gasteiger partial charge on any atom is -0.497 e. The Morgan fingerprint density at radius 2 is 1.91 bits per heavy atom. The van der Waals surface area contributed by atoms with Gasteiger partial charge in [-0.3, -0.25) is 4.57 Å². The zero-order chi connectivity index (χ0) is 22.4. The summed E-state index contributed by atoms with van der Waals surface area (Å²) in [5, 5.41) is 12.8. The van der Waals surface area contributed by atoms with Crippen LogP contribution in [-0.4, -0.2) is 41.8 Å². The lowest BCUT2D eigenvalue weighted by Gasteiger charge is -2.11. The number of aryl methyl sites for hydroxylation is 1. The minimum atomic E-state index is 0.280. The van der Waals surface area contributed by atoms with Crippen molar-refractivity contribution in [2.75, 3.05) is 7.11 Å². The van der Waals surface area contributed by atoms with Crippen LogP contribution in [0.25, 0.3) is 23.0 Å². The Labute approximate surface area is 188 Å². The minimum absolute atomic E-state index is 0.280. The molecule has 33 heavy (non-hydrogen) atoms. The molecule has 0 fully saturated rings. The molecule has 3 aromatic heterocycles. The second kappa shape index (κ2) is 7.59. The number of imidazole rings is 1. The molecule has 0 amide bonds. The predicted octanol–water partition coefficient (Wildman–Crippen LogP) is 3.30. The fourth-order valence-electron chi connectivity index (χ4n) is 3.97. The van der Waals surface area contributed by atoms with Crippen LogP contribution in [0.3, 0.4) is 0 Å². The van der Waals surface area contributed by atoms with Crippen molar-refractivity contribution in [2.45, 2.75) is 20.0 Å². The van der Waals surface area contributed by atoms with E-state index in [0.29, 0.717) is 29.6 Å². The van der Waals surface area contributed by atoms with Gasteiger partial charge in [0, 0.05) is 12.5 Å². The summed E-state index contributed by atoms with van der Waals surface area (Å²) in [6, 6.07) is 15.4. The fraction of sp³-hybridized carbons (Fsp3) is 0.174. The molecule has 10 nitrogen and oxygen atoms in total. The molecule has 1 aliphatic heterocycles. The van der Waals surface area contributed by atoms with Crippen LogP contribution in [-0.2, 0) is 13.0 Å². The van der Waals surface area contributed by atoms with Gasteiger partial charge < -0.3 is 14.0 Å². The first-order chi connectivity index (χ1) is 16.2. The average Bonchev–Trinajstić information content (AvgIpc) is 3.55. The summed E-state index contributed by atoms with van der Waals surface area (Å²) < 4.78 is 20.7. The van der Waals surface area contributed by atoms with Gasteiger partial charge >= 0.3 is 0 Å². The number of para-hydroxylation sites is 1. The van der Waals surface area contributed by atoms with Crippen molar-refractivity contribution in [1.82, 2.24) is 34.7 Å². The smallest absolute Gasteiger partial charge is 0.278 e. The Morgan fingerprint density at radius 3 is 2.70 bits per heavy atom. The molecule has 0 unspecified atom stereocenters. The molecular formula is C23H19N7O3.